The van der Waals surface area contributed by atoms with Crippen molar-refractivity contribution in [3.8, 4) is 0 Å². The van der Waals surface area contributed by atoms with E-state index in [0.29, 0.717) is 27.5 Å². The molecule has 3 rings (SSSR count). The zero-order valence-electron chi connectivity index (χ0n) is 22.7. The highest BCUT2D eigenvalue weighted by Crippen LogP contribution is 2.30. The van der Waals surface area contributed by atoms with Crippen molar-refractivity contribution in [3.05, 3.63) is 69.5 Å². The maximum Gasteiger partial charge on any atom is 0.280 e. The van der Waals surface area contributed by atoms with E-state index >= 15 is 0 Å². The van der Waals surface area contributed by atoms with Crippen molar-refractivity contribution in [2.45, 2.75) is 50.7 Å². The first-order valence-electron chi connectivity index (χ1n) is 12.4. The Morgan fingerprint density at radius 2 is 2.02 bits per heavy atom. The quantitative estimate of drug-likeness (QED) is 0.107. The Kier molecular flexibility index (Phi) is 10.9. The molecule has 3 aromatic rings. The monoisotopic (exact) mass is 623 g/mol. The van der Waals surface area contributed by atoms with Gasteiger partial charge in [-0.3, -0.25) is 33.3 Å². The number of hydrogen-bond acceptors (Lipinski definition) is 9. The van der Waals surface area contributed by atoms with Crippen LogP contribution < -0.4 is 21.9 Å². The maximum absolute atomic E-state index is 13.4. The second kappa shape index (κ2) is 13.9. The second-order valence-corrected chi connectivity index (χ2v) is 11.1. The van der Waals surface area contributed by atoms with Gasteiger partial charge in [-0.1, -0.05) is 6.08 Å². The summed E-state index contributed by atoms with van der Waals surface area (Å²) in [7, 11) is 0. The summed E-state index contributed by atoms with van der Waals surface area (Å²) in [4.78, 5) is 44.7. The molecule has 0 aliphatic heterocycles. The third-order valence-corrected chi connectivity index (χ3v) is 7.31. The van der Waals surface area contributed by atoms with Crippen LogP contribution in [0.3, 0.4) is 0 Å². The fourth-order valence-corrected chi connectivity index (χ4v) is 5.12. The Morgan fingerprint density at radius 1 is 1.32 bits per heavy atom. The van der Waals surface area contributed by atoms with Crippen molar-refractivity contribution in [3.63, 3.8) is 0 Å². The number of anilines is 2. The second-order valence-electron chi connectivity index (χ2n) is 9.20. The molecule has 41 heavy (non-hydrogen) atoms. The number of hydrogen-bond donors (Lipinski definition) is 6. The van der Waals surface area contributed by atoms with Gasteiger partial charge in [0.05, 0.1) is 18.8 Å². The number of H-pyrrole nitrogens is 1. The highest BCUT2D eigenvalue weighted by Gasteiger charge is 2.22. The third-order valence-electron chi connectivity index (χ3n) is 6.05. The van der Waals surface area contributed by atoms with Gasteiger partial charge in [-0.15, -0.1) is 23.2 Å². The summed E-state index contributed by atoms with van der Waals surface area (Å²) in [6, 6.07) is 3.74. The molecule has 3 aromatic heterocycles. The number of amides is 1. The summed E-state index contributed by atoms with van der Waals surface area (Å²) >= 11 is 13.4. The lowest BCUT2D eigenvalue weighted by molar-refractivity contribution is -0.119. The number of allylic oxidation sites excluding steroid dienone is 1. The molecule has 12 nitrogen and oxygen atoms in total. The molecule has 3 heterocycles. The lowest BCUT2D eigenvalue weighted by atomic mass is 10.1. The fourth-order valence-electron chi connectivity index (χ4n) is 3.97. The topological polar surface area (TPSA) is 188 Å². The predicted octanol–water partition coefficient (Wildman–Crippen LogP) is 2.53. The Balaban J connectivity index is 1.90. The summed E-state index contributed by atoms with van der Waals surface area (Å²) in [6.45, 7) is 5.97. The number of rotatable bonds is 11. The van der Waals surface area contributed by atoms with Crippen LogP contribution in [0.5, 0.6) is 0 Å². The summed E-state index contributed by atoms with van der Waals surface area (Å²) in [5.41, 5.74) is 7.93. The molecule has 0 aliphatic carbocycles. The van der Waals surface area contributed by atoms with Gasteiger partial charge in [0.25, 0.3) is 11.5 Å². The van der Waals surface area contributed by atoms with E-state index in [1.165, 1.54) is 23.8 Å². The van der Waals surface area contributed by atoms with E-state index in [1.54, 1.807) is 45.2 Å². The van der Waals surface area contributed by atoms with Gasteiger partial charge in [0.2, 0.25) is 5.91 Å². The number of nitrogens with two attached hydrogens (primary N) is 1. The minimum Gasteiger partial charge on any atom is -0.394 e. The van der Waals surface area contributed by atoms with E-state index in [0.717, 1.165) is 11.5 Å². The fraction of sp³-hybridized carbons (Fsp3) is 0.346. The number of aromatic amines is 1. The number of aromatic nitrogens is 3. The molecule has 0 fully saturated rings. The normalized spacial score (nSPS) is 14.6. The molecule has 0 bridgehead atoms. The van der Waals surface area contributed by atoms with Gasteiger partial charge in [0.15, 0.2) is 0 Å². The zero-order valence-corrected chi connectivity index (χ0v) is 25.0. The molecule has 1 amide bonds. The summed E-state index contributed by atoms with van der Waals surface area (Å²) in [5, 5.41) is 25.1. The van der Waals surface area contributed by atoms with E-state index in [4.69, 9.17) is 34.0 Å². The lowest BCUT2D eigenvalue weighted by Crippen LogP contribution is -2.30. The molecule has 220 valence electrons. The molecule has 0 saturated carbocycles. The largest absolute Gasteiger partial charge is 0.394 e. The van der Waals surface area contributed by atoms with Crippen LogP contribution in [0, 0.1) is 6.92 Å². The number of halogens is 2. The van der Waals surface area contributed by atoms with Crippen LogP contribution in [-0.4, -0.2) is 71.4 Å². The Hall–Kier alpha value is -3.49. The first-order chi connectivity index (χ1) is 19.3. The molecule has 7 N–H and O–H groups in total. The van der Waals surface area contributed by atoms with Crippen LogP contribution >= 0.6 is 34.7 Å². The van der Waals surface area contributed by atoms with Crippen molar-refractivity contribution in [1.82, 2.24) is 19.2 Å². The average molecular weight is 625 g/mol. The molecule has 0 aromatic carbocycles. The van der Waals surface area contributed by atoms with Crippen molar-refractivity contribution in [1.29, 1.82) is 0 Å². The van der Waals surface area contributed by atoms with Crippen molar-refractivity contribution >= 4 is 68.6 Å². The van der Waals surface area contributed by atoms with Crippen LogP contribution in [0.15, 0.2) is 46.5 Å². The Labute approximate surface area is 250 Å². The van der Waals surface area contributed by atoms with Crippen LogP contribution in [0.2, 0.25) is 0 Å². The molecule has 0 aliphatic rings. The number of aliphatic hydroxyl groups excluding tert-OH is 2. The van der Waals surface area contributed by atoms with Gasteiger partial charge < -0.3 is 26.6 Å². The standard InChI is InChI=1S/C26H31Cl2N7O5S/c1-12(31-15(4)37)9-18(22(27)28)17-6-8-35(14(17)3)26(40)19-10-16(5-7-30-19)33-25-21(24(39)34-41-25)23(29)32-13(2)20(38)11-36/h5-10,12-13,20,22,36,38H,11H2,1-4H3,(H2,29,32)(H,30,33)(H,31,37)(H,34,39)/b18-9+. The van der Waals surface area contributed by atoms with Gasteiger partial charge in [-0.05, 0) is 56.1 Å². The van der Waals surface area contributed by atoms with Crippen LogP contribution in [0.1, 0.15) is 48.1 Å². The van der Waals surface area contributed by atoms with Crippen LogP contribution in [-0.2, 0) is 4.79 Å². The molecule has 3 unspecified atom stereocenters. The lowest BCUT2D eigenvalue weighted by Gasteiger charge is -2.14. The van der Waals surface area contributed by atoms with E-state index in [9.17, 15) is 19.5 Å². The molecular weight excluding hydrogens is 593 g/mol. The zero-order chi connectivity index (χ0) is 30.4. The number of aliphatic imine (C=N–C) groups is 1. The number of amidine groups is 1. The van der Waals surface area contributed by atoms with E-state index in [1.807, 2.05) is 0 Å². The van der Waals surface area contributed by atoms with E-state index < -0.39 is 35.1 Å². The smallest absolute Gasteiger partial charge is 0.280 e. The number of pyridine rings is 1. The van der Waals surface area contributed by atoms with Crippen LogP contribution in [0.25, 0.3) is 5.57 Å². The SMILES string of the molecule is CC(=O)NC(C)/C=C(\c1ccn(C(=O)c2cc(Nc3s[nH]c(=O)c3C(N)=NC(C)C(O)CO)ccn2)c1C)C(Cl)Cl. The molecule has 0 saturated heterocycles. The Bertz CT molecular complexity index is 1530. The number of alkyl halides is 2. The average Bonchev–Trinajstić information content (AvgIpc) is 3.47. The van der Waals surface area contributed by atoms with Gasteiger partial charge >= 0.3 is 0 Å². The molecule has 3 atom stereocenters. The molecule has 0 spiro atoms. The number of carbonyl (C=O) groups excluding carboxylic acids is 2. The predicted molar refractivity (Wildman–Crippen MR) is 161 cm³/mol. The van der Waals surface area contributed by atoms with Crippen molar-refractivity contribution < 1.29 is 19.8 Å². The summed E-state index contributed by atoms with van der Waals surface area (Å²) in [6.07, 6.45) is 3.61. The van der Waals surface area contributed by atoms with E-state index in [2.05, 4.69) is 25.0 Å². The van der Waals surface area contributed by atoms with Gasteiger partial charge in [0.1, 0.15) is 26.9 Å². The van der Waals surface area contributed by atoms with Gasteiger partial charge in [-0.25, -0.2) is 0 Å². The molecule has 15 heteroatoms. The maximum atomic E-state index is 13.4. The number of nitrogens with one attached hydrogen (secondary N) is 3. The van der Waals surface area contributed by atoms with Crippen molar-refractivity contribution in [2.75, 3.05) is 11.9 Å². The van der Waals surface area contributed by atoms with Crippen molar-refractivity contribution in [2.24, 2.45) is 10.7 Å². The first kappa shape index (κ1) is 32.0. The molecule has 0 radical (unpaired) electrons. The van der Waals surface area contributed by atoms with Gasteiger partial charge in [-0.2, -0.15) is 0 Å². The third kappa shape index (κ3) is 7.83. The molecular formula is C26H31Cl2N7O5S. The number of aliphatic hydroxyl groups is 2. The van der Waals surface area contributed by atoms with Gasteiger partial charge in [0, 0.05) is 42.3 Å². The van der Waals surface area contributed by atoms with E-state index in [-0.39, 0.29) is 29.0 Å². The minimum atomic E-state index is -1.14. The number of carbonyl (C=O) groups is 2. The summed E-state index contributed by atoms with van der Waals surface area (Å²) in [5.74, 6) is -0.756. The first-order valence-corrected chi connectivity index (χ1v) is 14.1. The number of nitrogens with zero attached hydrogens (tertiary/aromatic N) is 3. The van der Waals surface area contributed by atoms with Crippen LogP contribution in [0.4, 0.5) is 10.7 Å². The Morgan fingerprint density at radius 3 is 2.66 bits per heavy atom. The minimum absolute atomic E-state index is 0.0621. The summed E-state index contributed by atoms with van der Waals surface area (Å²) < 4.78 is 4.00. The highest BCUT2D eigenvalue weighted by atomic mass is 35.5. The highest BCUT2D eigenvalue weighted by molar-refractivity contribution is 7.10.